The number of benzene rings is 1. The van der Waals surface area contributed by atoms with E-state index in [2.05, 4.69) is 24.1 Å². The van der Waals surface area contributed by atoms with Crippen molar-refractivity contribution < 1.29 is 9.18 Å². The van der Waals surface area contributed by atoms with Crippen LogP contribution in [-0.4, -0.2) is 23.4 Å². The fraction of sp³-hybridized carbons (Fsp3) is 0.625. The molecule has 3 nitrogen and oxygen atoms in total. The van der Waals surface area contributed by atoms with Gasteiger partial charge in [-0.3, -0.25) is 4.79 Å². The van der Waals surface area contributed by atoms with Gasteiger partial charge in [0, 0.05) is 40.9 Å². The molecule has 1 N–H and O–H groups in total. The van der Waals surface area contributed by atoms with Crippen molar-refractivity contribution in [1.82, 2.24) is 10.2 Å². The number of hydrogen-bond donors (Lipinski definition) is 1. The van der Waals surface area contributed by atoms with Gasteiger partial charge in [-0.25, -0.2) is 4.39 Å². The van der Waals surface area contributed by atoms with Crippen molar-refractivity contribution in [2.45, 2.75) is 77.8 Å². The first kappa shape index (κ1) is 20.7. The van der Waals surface area contributed by atoms with Crippen molar-refractivity contribution in [2.75, 3.05) is 6.54 Å². The molecule has 0 radical (unpaired) electrons. The largest absolute Gasteiger partial charge is 0.367 e. The summed E-state index contributed by atoms with van der Waals surface area (Å²) in [5.74, 6) is 0.351. The maximum Gasteiger partial charge on any atom is 0.249 e. The van der Waals surface area contributed by atoms with Gasteiger partial charge in [0.25, 0.3) is 0 Å². The fourth-order valence-corrected chi connectivity index (χ4v) is 5.25. The molecule has 1 aromatic carbocycles. The number of carbonyl (C=O) groups excluding carboxylic acids is 1. The predicted octanol–water partition coefficient (Wildman–Crippen LogP) is 5.99. The molecule has 1 unspecified atom stereocenters. The SMILES string of the molecule is CC1=C(C(=O)NC2CCCCC2)CC(c2cc(Cl)ccc2F)N1C[C@H]1CC1(C)C. The van der Waals surface area contributed by atoms with E-state index >= 15 is 0 Å². The van der Waals surface area contributed by atoms with E-state index in [0.717, 1.165) is 30.7 Å². The second-order valence-corrected chi connectivity index (χ2v) is 10.2. The van der Waals surface area contributed by atoms with E-state index in [1.165, 1.54) is 31.7 Å². The van der Waals surface area contributed by atoms with Crippen LogP contribution in [0.2, 0.25) is 5.02 Å². The van der Waals surface area contributed by atoms with Gasteiger partial charge in [-0.05, 0) is 55.7 Å². The molecule has 0 bridgehead atoms. The summed E-state index contributed by atoms with van der Waals surface area (Å²) in [6.07, 6.45) is 7.45. The third kappa shape index (κ3) is 4.33. The van der Waals surface area contributed by atoms with Gasteiger partial charge in [0.05, 0.1) is 6.04 Å². The standard InChI is InChI=1S/C24H32ClFN2O/c1-15-19(23(29)27-18-7-5-4-6-8-18)12-22(20-11-17(25)9-10-21(20)26)28(15)14-16-13-24(16,2)3/h9-11,16,18,22H,4-8,12-14H2,1-3H3,(H,27,29)/t16-,22?/m1/s1. The Morgan fingerprint density at radius 3 is 2.62 bits per heavy atom. The first-order valence-electron chi connectivity index (χ1n) is 11.0. The Morgan fingerprint density at radius 1 is 1.28 bits per heavy atom. The molecule has 158 valence electrons. The second-order valence-electron chi connectivity index (χ2n) is 9.80. The van der Waals surface area contributed by atoms with Crippen LogP contribution in [-0.2, 0) is 4.79 Å². The van der Waals surface area contributed by atoms with Crippen LogP contribution in [0.15, 0.2) is 29.5 Å². The average molecular weight is 419 g/mol. The Bertz CT molecular complexity index is 828. The van der Waals surface area contributed by atoms with E-state index in [9.17, 15) is 9.18 Å². The van der Waals surface area contributed by atoms with Gasteiger partial charge >= 0.3 is 0 Å². The van der Waals surface area contributed by atoms with Crippen LogP contribution in [0, 0.1) is 17.2 Å². The van der Waals surface area contributed by atoms with Gasteiger partial charge in [0.1, 0.15) is 5.82 Å². The second kappa shape index (κ2) is 7.94. The molecular weight excluding hydrogens is 387 g/mol. The molecule has 1 amide bonds. The molecule has 29 heavy (non-hydrogen) atoms. The lowest BCUT2D eigenvalue weighted by atomic mass is 9.95. The minimum Gasteiger partial charge on any atom is -0.367 e. The molecule has 5 heteroatoms. The minimum atomic E-state index is -0.249. The Kier molecular flexibility index (Phi) is 5.67. The molecule has 0 saturated heterocycles. The van der Waals surface area contributed by atoms with Crippen LogP contribution < -0.4 is 5.32 Å². The van der Waals surface area contributed by atoms with Gasteiger partial charge in [-0.1, -0.05) is 44.7 Å². The molecule has 0 aromatic heterocycles. The minimum absolute atomic E-state index is 0.0272. The zero-order valence-corrected chi connectivity index (χ0v) is 18.5. The van der Waals surface area contributed by atoms with Crippen molar-refractivity contribution in [3.05, 3.63) is 45.9 Å². The summed E-state index contributed by atoms with van der Waals surface area (Å²) in [6.45, 7) is 7.43. The van der Waals surface area contributed by atoms with Crippen LogP contribution in [0.5, 0.6) is 0 Å². The number of allylic oxidation sites excluding steroid dienone is 1. The zero-order valence-electron chi connectivity index (χ0n) is 17.7. The lowest BCUT2D eigenvalue weighted by Gasteiger charge is -2.30. The zero-order chi connectivity index (χ0) is 20.8. The summed E-state index contributed by atoms with van der Waals surface area (Å²) in [5, 5.41) is 3.78. The van der Waals surface area contributed by atoms with Crippen LogP contribution in [0.1, 0.15) is 77.3 Å². The molecule has 4 rings (SSSR count). The highest BCUT2D eigenvalue weighted by Crippen LogP contribution is 2.54. The Labute approximate surface area is 178 Å². The van der Waals surface area contributed by atoms with Gasteiger partial charge in [0.2, 0.25) is 5.91 Å². The number of halogens is 2. The lowest BCUT2D eigenvalue weighted by molar-refractivity contribution is -0.118. The van der Waals surface area contributed by atoms with E-state index in [1.54, 1.807) is 12.1 Å². The number of nitrogens with zero attached hydrogens (tertiary/aromatic N) is 1. The maximum absolute atomic E-state index is 14.7. The average Bonchev–Trinajstić information content (AvgIpc) is 3.15. The summed E-state index contributed by atoms with van der Waals surface area (Å²) in [7, 11) is 0. The monoisotopic (exact) mass is 418 g/mol. The normalized spacial score (nSPS) is 26.7. The number of nitrogens with one attached hydrogen (secondary N) is 1. The highest BCUT2D eigenvalue weighted by Gasteiger charge is 2.48. The quantitative estimate of drug-likeness (QED) is 0.636. The summed E-state index contributed by atoms with van der Waals surface area (Å²) in [6, 6.07) is 4.85. The molecule has 2 atom stereocenters. The molecular formula is C24H32ClFN2O. The van der Waals surface area contributed by atoms with Gasteiger partial charge in [0.15, 0.2) is 0 Å². The summed E-state index contributed by atoms with van der Waals surface area (Å²) in [5.41, 5.74) is 2.71. The van der Waals surface area contributed by atoms with Crippen LogP contribution in [0.4, 0.5) is 4.39 Å². The number of carbonyl (C=O) groups is 1. The van der Waals surface area contributed by atoms with Gasteiger partial charge in [-0.2, -0.15) is 0 Å². The number of rotatable bonds is 5. The van der Waals surface area contributed by atoms with Crippen molar-refractivity contribution >= 4 is 17.5 Å². The molecule has 2 fully saturated rings. The highest BCUT2D eigenvalue weighted by atomic mass is 35.5. The van der Waals surface area contributed by atoms with E-state index in [-0.39, 0.29) is 23.8 Å². The number of amides is 1. The molecule has 2 saturated carbocycles. The predicted molar refractivity (Wildman–Crippen MR) is 115 cm³/mol. The van der Waals surface area contributed by atoms with E-state index < -0.39 is 0 Å². The van der Waals surface area contributed by atoms with Crippen molar-refractivity contribution in [1.29, 1.82) is 0 Å². The number of hydrogen-bond acceptors (Lipinski definition) is 2. The van der Waals surface area contributed by atoms with Crippen LogP contribution in [0.3, 0.4) is 0 Å². The van der Waals surface area contributed by atoms with E-state index in [0.29, 0.717) is 28.3 Å². The third-order valence-corrected chi connectivity index (χ3v) is 7.54. The van der Waals surface area contributed by atoms with Crippen LogP contribution in [0.25, 0.3) is 0 Å². The van der Waals surface area contributed by atoms with Crippen molar-refractivity contribution in [2.24, 2.45) is 11.3 Å². The van der Waals surface area contributed by atoms with E-state index in [1.807, 2.05) is 6.92 Å². The highest BCUT2D eigenvalue weighted by molar-refractivity contribution is 6.30. The molecule has 2 aliphatic carbocycles. The third-order valence-electron chi connectivity index (χ3n) is 7.31. The summed E-state index contributed by atoms with van der Waals surface area (Å²) in [4.78, 5) is 15.4. The topological polar surface area (TPSA) is 32.3 Å². The maximum atomic E-state index is 14.7. The van der Waals surface area contributed by atoms with Gasteiger partial charge in [-0.15, -0.1) is 0 Å². The summed E-state index contributed by atoms with van der Waals surface area (Å²) < 4.78 is 14.7. The fourth-order valence-electron chi connectivity index (χ4n) is 5.07. The first-order valence-corrected chi connectivity index (χ1v) is 11.4. The van der Waals surface area contributed by atoms with Gasteiger partial charge < -0.3 is 10.2 Å². The Hall–Kier alpha value is -1.55. The van der Waals surface area contributed by atoms with Crippen molar-refractivity contribution in [3.8, 4) is 0 Å². The molecule has 1 heterocycles. The molecule has 0 spiro atoms. The van der Waals surface area contributed by atoms with Crippen molar-refractivity contribution in [3.63, 3.8) is 0 Å². The Morgan fingerprint density at radius 2 is 1.97 bits per heavy atom. The Balaban J connectivity index is 1.58. The van der Waals surface area contributed by atoms with E-state index in [4.69, 9.17) is 11.6 Å². The summed E-state index contributed by atoms with van der Waals surface area (Å²) >= 11 is 6.19. The first-order chi connectivity index (χ1) is 13.8. The molecule has 1 aromatic rings. The molecule has 1 aliphatic heterocycles. The lowest BCUT2D eigenvalue weighted by Crippen LogP contribution is -2.37. The smallest absolute Gasteiger partial charge is 0.249 e. The molecule has 3 aliphatic rings. The van der Waals surface area contributed by atoms with Crippen LogP contribution >= 0.6 is 11.6 Å².